The Morgan fingerprint density at radius 1 is 1.07 bits per heavy atom. The van der Waals surface area contributed by atoms with Gasteiger partial charge in [-0.25, -0.2) is 0 Å². The third kappa shape index (κ3) is 3.40. The molecule has 0 radical (unpaired) electrons. The molecule has 3 aromatic rings. The summed E-state index contributed by atoms with van der Waals surface area (Å²) in [6.45, 7) is 0. The van der Waals surface area contributed by atoms with Gasteiger partial charge in [0.15, 0.2) is 4.32 Å². The summed E-state index contributed by atoms with van der Waals surface area (Å²) in [6.07, 6.45) is 1.90. The monoisotopic (exact) mass is 455 g/mol. The number of ether oxygens (including phenoxy) is 1. The molecule has 4 rings (SSSR count). The fourth-order valence-electron chi connectivity index (χ4n) is 3.05. The van der Waals surface area contributed by atoms with E-state index in [4.69, 9.17) is 17.0 Å². The van der Waals surface area contributed by atoms with Crippen LogP contribution in [0.4, 0.5) is 5.69 Å². The van der Waals surface area contributed by atoms with Crippen LogP contribution in [-0.4, -0.2) is 17.3 Å². The Hall–Kier alpha value is -2.15. The number of thiocarbonyl (C=S) groups is 1. The van der Waals surface area contributed by atoms with E-state index in [1.165, 1.54) is 11.8 Å². The summed E-state index contributed by atoms with van der Waals surface area (Å²) >= 11 is 10.2. The molecule has 0 spiro atoms. The molecule has 1 aliphatic heterocycles. The summed E-state index contributed by atoms with van der Waals surface area (Å²) in [5, 5.41) is 2.04. The number of amides is 1. The van der Waals surface area contributed by atoms with Crippen molar-refractivity contribution < 1.29 is 9.53 Å². The summed E-state index contributed by atoms with van der Waals surface area (Å²) < 4.78 is 6.88. The molecular formula is C21H14BrNO2S2. The van der Waals surface area contributed by atoms with Crippen LogP contribution in [0.2, 0.25) is 0 Å². The molecule has 3 nitrogen and oxygen atoms in total. The fraction of sp³-hybridized carbons (Fsp3) is 0.0476. The molecule has 0 aromatic heterocycles. The van der Waals surface area contributed by atoms with E-state index in [9.17, 15) is 4.79 Å². The van der Waals surface area contributed by atoms with Crippen LogP contribution in [0.25, 0.3) is 16.8 Å². The molecule has 1 aliphatic rings. The van der Waals surface area contributed by atoms with E-state index in [2.05, 4.69) is 15.9 Å². The Kier molecular flexibility index (Phi) is 5.04. The van der Waals surface area contributed by atoms with Gasteiger partial charge < -0.3 is 4.74 Å². The first-order chi connectivity index (χ1) is 13.1. The highest BCUT2D eigenvalue weighted by Crippen LogP contribution is 2.38. The zero-order valence-corrected chi connectivity index (χ0v) is 17.5. The predicted molar refractivity (Wildman–Crippen MR) is 120 cm³/mol. The second kappa shape index (κ2) is 7.46. The van der Waals surface area contributed by atoms with Crippen molar-refractivity contribution in [1.29, 1.82) is 0 Å². The van der Waals surface area contributed by atoms with Gasteiger partial charge in [-0.2, -0.15) is 0 Å². The summed E-state index contributed by atoms with van der Waals surface area (Å²) in [6, 6.07) is 19.4. The minimum absolute atomic E-state index is 0.108. The number of benzene rings is 3. The summed E-state index contributed by atoms with van der Waals surface area (Å²) in [4.78, 5) is 15.2. The van der Waals surface area contributed by atoms with E-state index < -0.39 is 0 Å². The number of nitrogens with zero attached hydrogens (tertiary/aromatic N) is 1. The normalized spacial score (nSPS) is 15.8. The molecule has 0 aliphatic carbocycles. The summed E-state index contributed by atoms with van der Waals surface area (Å²) in [5.41, 5.74) is 1.72. The maximum absolute atomic E-state index is 13.0. The summed E-state index contributed by atoms with van der Waals surface area (Å²) in [5.74, 6) is 0.701. The fourth-order valence-corrected chi connectivity index (χ4v) is 4.72. The maximum Gasteiger partial charge on any atom is 0.270 e. The number of rotatable bonds is 3. The van der Waals surface area contributed by atoms with Gasteiger partial charge in [-0.3, -0.25) is 9.69 Å². The van der Waals surface area contributed by atoms with E-state index in [0.29, 0.717) is 9.23 Å². The highest BCUT2D eigenvalue weighted by Gasteiger charge is 2.33. The van der Waals surface area contributed by atoms with Crippen LogP contribution in [0.15, 0.2) is 70.0 Å². The first-order valence-electron chi connectivity index (χ1n) is 8.18. The molecule has 1 heterocycles. The van der Waals surface area contributed by atoms with Crippen LogP contribution >= 0.6 is 39.9 Å². The molecule has 27 heavy (non-hydrogen) atoms. The number of carbonyl (C=O) groups is 1. The smallest absolute Gasteiger partial charge is 0.270 e. The number of carbonyl (C=O) groups excluding carboxylic acids is 1. The Morgan fingerprint density at radius 2 is 1.85 bits per heavy atom. The van der Waals surface area contributed by atoms with Gasteiger partial charge in [-0.05, 0) is 41.3 Å². The minimum Gasteiger partial charge on any atom is -0.496 e. The third-order valence-electron chi connectivity index (χ3n) is 4.28. The zero-order valence-electron chi connectivity index (χ0n) is 14.3. The molecule has 1 saturated heterocycles. The second-order valence-electron chi connectivity index (χ2n) is 5.90. The SMILES string of the molecule is COc1ccc(/C=C2\SC(=S)N(c3cccc(Br)c3)C2=O)c2ccccc12. The molecule has 0 bridgehead atoms. The number of hydrogen-bond donors (Lipinski definition) is 0. The van der Waals surface area contributed by atoms with Crippen molar-refractivity contribution in [2.75, 3.05) is 12.0 Å². The molecule has 0 saturated carbocycles. The third-order valence-corrected chi connectivity index (χ3v) is 6.08. The van der Waals surface area contributed by atoms with Gasteiger partial charge in [0.25, 0.3) is 5.91 Å². The van der Waals surface area contributed by atoms with Gasteiger partial charge in [-0.15, -0.1) is 0 Å². The lowest BCUT2D eigenvalue weighted by molar-refractivity contribution is -0.113. The predicted octanol–water partition coefficient (Wildman–Crippen LogP) is 6.02. The number of fused-ring (bicyclic) bond motifs is 1. The molecule has 1 amide bonds. The standard InChI is InChI=1S/C21H14BrNO2S2/c1-25-18-10-9-13(16-7-2-3-8-17(16)18)11-19-20(24)23(21(26)27-19)15-6-4-5-14(22)12-15/h2-12H,1H3/b19-11-. The van der Waals surface area contributed by atoms with Crippen LogP contribution in [0.5, 0.6) is 5.75 Å². The van der Waals surface area contributed by atoms with Crippen LogP contribution in [-0.2, 0) is 4.79 Å². The number of anilines is 1. The largest absolute Gasteiger partial charge is 0.496 e. The van der Waals surface area contributed by atoms with Gasteiger partial charge in [0.1, 0.15) is 5.75 Å². The quantitative estimate of drug-likeness (QED) is 0.356. The average molecular weight is 456 g/mol. The molecule has 134 valence electrons. The zero-order chi connectivity index (χ0) is 19.0. The molecule has 0 unspecified atom stereocenters. The van der Waals surface area contributed by atoms with Crippen LogP contribution in [0.1, 0.15) is 5.56 Å². The van der Waals surface area contributed by atoms with Crippen molar-refractivity contribution in [1.82, 2.24) is 0 Å². The van der Waals surface area contributed by atoms with Crippen molar-refractivity contribution in [2.24, 2.45) is 0 Å². The number of methoxy groups -OCH3 is 1. The summed E-state index contributed by atoms with van der Waals surface area (Å²) in [7, 11) is 1.66. The van der Waals surface area contributed by atoms with E-state index >= 15 is 0 Å². The lowest BCUT2D eigenvalue weighted by atomic mass is 10.0. The highest BCUT2D eigenvalue weighted by atomic mass is 79.9. The van der Waals surface area contributed by atoms with Crippen molar-refractivity contribution in [3.05, 3.63) is 75.6 Å². The molecule has 6 heteroatoms. The first kappa shape index (κ1) is 18.2. The first-order valence-corrected chi connectivity index (χ1v) is 10.2. The molecule has 0 atom stereocenters. The van der Waals surface area contributed by atoms with Crippen LogP contribution in [0, 0.1) is 0 Å². The van der Waals surface area contributed by atoms with E-state index in [1.54, 1.807) is 12.0 Å². The van der Waals surface area contributed by atoms with Crippen molar-refractivity contribution in [3.8, 4) is 5.75 Å². The number of hydrogen-bond acceptors (Lipinski definition) is 4. The van der Waals surface area contributed by atoms with Crippen molar-refractivity contribution in [3.63, 3.8) is 0 Å². The van der Waals surface area contributed by atoms with Gasteiger partial charge in [0.2, 0.25) is 0 Å². The molecule has 3 aromatic carbocycles. The lowest BCUT2D eigenvalue weighted by Crippen LogP contribution is -2.27. The Labute approximate surface area is 175 Å². The van der Waals surface area contributed by atoms with E-state index in [0.717, 1.165) is 32.2 Å². The Morgan fingerprint density at radius 3 is 2.59 bits per heavy atom. The van der Waals surface area contributed by atoms with Crippen LogP contribution < -0.4 is 9.64 Å². The molecule has 1 fully saturated rings. The molecular weight excluding hydrogens is 442 g/mol. The number of thioether (sulfide) groups is 1. The van der Waals surface area contributed by atoms with E-state index in [1.807, 2.05) is 66.7 Å². The average Bonchev–Trinajstić information content (AvgIpc) is 2.95. The molecule has 0 N–H and O–H groups in total. The number of halogens is 1. The van der Waals surface area contributed by atoms with E-state index in [-0.39, 0.29) is 5.91 Å². The van der Waals surface area contributed by atoms with Crippen LogP contribution in [0.3, 0.4) is 0 Å². The Balaban J connectivity index is 1.77. The van der Waals surface area contributed by atoms with Crippen molar-refractivity contribution >= 4 is 72.7 Å². The lowest BCUT2D eigenvalue weighted by Gasteiger charge is -2.14. The van der Waals surface area contributed by atoms with Crippen molar-refractivity contribution in [2.45, 2.75) is 0 Å². The maximum atomic E-state index is 13.0. The van der Waals surface area contributed by atoms with Gasteiger partial charge in [-0.1, -0.05) is 76.3 Å². The van der Waals surface area contributed by atoms with Gasteiger partial charge >= 0.3 is 0 Å². The topological polar surface area (TPSA) is 29.5 Å². The highest BCUT2D eigenvalue weighted by molar-refractivity contribution is 9.10. The van der Waals surface area contributed by atoms with Gasteiger partial charge in [0, 0.05) is 9.86 Å². The van der Waals surface area contributed by atoms with Gasteiger partial charge in [0.05, 0.1) is 17.7 Å². The second-order valence-corrected chi connectivity index (χ2v) is 8.49. The Bertz CT molecular complexity index is 1110. The minimum atomic E-state index is -0.108.